The molecular weight excluding hydrogens is 448 g/mol. The Balaban J connectivity index is 1.23. The molecule has 0 unspecified atom stereocenters. The maximum Gasteiger partial charge on any atom is 0.257 e. The first kappa shape index (κ1) is 24.1. The lowest BCUT2D eigenvalue weighted by Gasteiger charge is -2.42. The number of benzene rings is 1. The summed E-state index contributed by atoms with van der Waals surface area (Å²) in [5, 5.41) is 2.95. The van der Waals surface area contributed by atoms with Crippen LogP contribution in [0, 0.1) is 5.92 Å². The number of anilines is 1. The fourth-order valence-corrected chi connectivity index (χ4v) is 5.40. The number of likely N-dealkylation sites (N-methyl/N-ethyl adjacent to an activating group) is 2. The van der Waals surface area contributed by atoms with Gasteiger partial charge in [-0.3, -0.25) is 14.4 Å². The normalized spacial score (nSPS) is 27.6. The van der Waals surface area contributed by atoms with Gasteiger partial charge in [0, 0.05) is 44.8 Å². The molecule has 0 bridgehead atoms. The van der Waals surface area contributed by atoms with Crippen LogP contribution < -0.4 is 10.1 Å². The van der Waals surface area contributed by atoms with Crippen molar-refractivity contribution in [3.63, 3.8) is 0 Å². The molecule has 5 rings (SSSR count). The topological polar surface area (TPSA) is 91.4 Å². The number of amides is 3. The highest BCUT2D eigenvalue weighted by Crippen LogP contribution is 2.33. The quantitative estimate of drug-likeness (QED) is 0.703. The summed E-state index contributed by atoms with van der Waals surface area (Å²) >= 11 is 0. The predicted octanol–water partition coefficient (Wildman–Crippen LogP) is 1.97. The van der Waals surface area contributed by atoms with E-state index in [-0.39, 0.29) is 41.9 Å². The highest BCUT2D eigenvalue weighted by molar-refractivity contribution is 6.00. The van der Waals surface area contributed by atoms with E-state index in [1.54, 1.807) is 30.1 Å². The van der Waals surface area contributed by atoms with Gasteiger partial charge in [-0.15, -0.1) is 0 Å². The van der Waals surface area contributed by atoms with Crippen LogP contribution in [0.4, 0.5) is 5.69 Å². The average Bonchev–Trinajstić information content (AvgIpc) is 2.81. The molecule has 3 fully saturated rings. The Morgan fingerprint density at radius 3 is 2.54 bits per heavy atom. The Hall–Kier alpha value is -2.65. The number of carbonyl (C=O) groups excluding carboxylic acids is 3. The van der Waals surface area contributed by atoms with E-state index in [2.05, 4.69) is 17.3 Å². The zero-order valence-corrected chi connectivity index (χ0v) is 20.7. The number of nitrogens with zero attached hydrogens (tertiary/aromatic N) is 3. The lowest BCUT2D eigenvalue weighted by atomic mass is 9.85. The van der Waals surface area contributed by atoms with Gasteiger partial charge in [-0.1, -0.05) is 6.42 Å². The molecule has 1 aromatic carbocycles. The monoisotopic (exact) mass is 484 g/mol. The maximum absolute atomic E-state index is 13.4. The molecule has 1 aromatic rings. The largest absolute Gasteiger partial charge is 0.490 e. The molecule has 190 valence electrons. The summed E-state index contributed by atoms with van der Waals surface area (Å²) in [6.45, 7) is 3.62. The van der Waals surface area contributed by atoms with Crippen molar-refractivity contribution in [2.24, 2.45) is 5.92 Å². The van der Waals surface area contributed by atoms with Gasteiger partial charge in [0.05, 0.1) is 24.1 Å². The average molecular weight is 485 g/mol. The molecule has 3 amide bonds. The minimum Gasteiger partial charge on any atom is -0.490 e. The van der Waals surface area contributed by atoms with Crippen LogP contribution in [0.1, 0.15) is 48.9 Å². The minimum absolute atomic E-state index is 0.0154. The predicted molar refractivity (Wildman–Crippen MR) is 130 cm³/mol. The van der Waals surface area contributed by atoms with E-state index in [1.807, 2.05) is 4.90 Å². The number of rotatable bonds is 4. The van der Waals surface area contributed by atoms with E-state index >= 15 is 0 Å². The fraction of sp³-hybridized carbons (Fsp3) is 0.654. The van der Waals surface area contributed by atoms with Gasteiger partial charge in [0.1, 0.15) is 18.5 Å². The van der Waals surface area contributed by atoms with E-state index in [1.165, 1.54) is 0 Å². The summed E-state index contributed by atoms with van der Waals surface area (Å²) < 4.78 is 12.4. The molecule has 4 aliphatic rings. The molecule has 1 saturated carbocycles. The SMILES string of the molecule is CN1CCN(C(=O)C[C@H]2CC[C@@H]3[C@H](COc4ccc(NC(=O)C5CCC5)cc4C(=O)N3C)O2)CC1. The number of hydrogen-bond acceptors (Lipinski definition) is 6. The molecular formula is C26H36N4O5. The van der Waals surface area contributed by atoms with Gasteiger partial charge in [0.2, 0.25) is 11.8 Å². The van der Waals surface area contributed by atoms with Crippen molar-refractivity contribution < 1.29 is 23.9 Å². The molecule has 3 atom stereocenters. The maximum atomic E-state index is 13.4. The van der Waals surface area contributed by atoms with E-state index in [0.717, 1.165) is 58.3 Å². The smallest absolute Gasteiger partial charge is 0.257 e. The van der Waals surface area contributed by atoms with E-state index < -0.39 is 0 Å². The molecule has 0 aromatic heterocycles. The van der Waals surface area contributed by atoms with Gasteiger partial charge in [0.15, 0.2) is 0 Å². The lowest BCUT2D eigenvalue weighted by Crippen LogP contribution is -2.54. The summed E-state index contributed by atoms with van der Waals surface area (Å²) in [5.41, 5.74) is 1.07. The van der Waals surface area contributed by atoms with Gasteiger partial charge >= 0.3 is 0 Å². The van der Waals surface area contributed by atoms with Crippen LogP contribution >= 0.6 is 0 Å². The molecule has 1 N–H and O–H groups in total. The van der Waals surface area contributed by atoms with Crippen molar-refractivity contribution in [3.8, 4) is 5.75 Å². The summed E-state index contributed by atoms with van der Waals surface area (Å²) in [6.07, 6.45) is 4.32. The van der Waals surface area contributed by atoms with Crippen molar-refractivity contribution in [1.29, 1.82) is 0 Å². The van der Waals surface area contributed by atoms with Crippen LogP contribution in [-0.4, -0.2) is 97.6 Å². The summed E-state index contributed by atoms with van der Waals surface area (Å²) in [5.74, 6) is 0.565. The van der Waals surface area contributed by atoms with Crippen LogP contribution in [0.2, 0.25) is 0 Å². The van der Waals surface area contributed by atoms with Crippen molar-refractivity contribution in [3.05, 3.63) is 23.8 Å². The zero-order valence-electron chi connectivity index (χ0n) is 20.7. The molecule has 0 radical (unpaired) electrons. The second kappa shape index (κ2) is 10.1. The number of carbonyl (C=O) groups is 3. The highest BCUT2D eigenvalue weighted by Gasteiger charge is 2.39. The summed E-state index contributed by atoms with van der Waals surface area (Å²) in [4.78, 5) is 44.5. The Morgan fingerprint density at radius 1 is 1.06 bits per heavy atom. The van der Waals surface area contributed by atoms with Crippen molar-refractivity contribution in [2.75, 3.05) is 52.2 Å². The molecule has 3 heterocycles. The third kappa shape index (κ3) is 5.16. The van der Waals surface area contributed by atoms with Gasteiger partial charge in [-0.05, 0) is 50.9 Å². The Morgan fingerprint density at radius 2 is 1.83 bits per heavy atom. The fourth-order valence-electron chi connectivity index (χ4n) is 5.40. The second-order valence-electron chi connectivity index (χ2n) is 10.4. The van der Waals surface area contributed by atoms with Gasteiger partial charge in [-0.25, -0.2) is 0 Å². The highest BCUT2D eigenvalue weighted by atomic mass is 16.5. The number of hydrogen-bond donors (Lipinski definition) is 1. The van der Waals surface area contributed by atoms with E-state index in [0.29, 0.717) is 30.0 Å². The van der Waals surface area contributed by atoms with Crippen LogP contribution in [-0.2, 0) is 14.3 Å². The van der Waals surface area contributed by atoms with Crippen LogP contribution in [0.15, 0.2) is 18.2 Å². The Kier molecular flexibility index (Phi) is 6.98. The summed E-state index contributed by atoms with van der Waals surface area (Å²) in [7, 11) is 3.87. The van der Waals surface area contributed by atoms with Gasteiger partial charge in [-0.2, -0.15) is 0 Å². The molecule has 3 aliphatic heterocycles. The second-order valence-corrected chi connectivity index (χ2v) is 10.4. The van der Waals surface area contributed by atoms with Gasteiger partial charge < -0.3 is 29.5 Å². The number of fused-ring (bicyclic) bond motifs is 2. The number of nitrogens with one attached hydrogen (secondary N) is 1. The Labute approximate surface area is 206 Å². The molecule has 2 saturated heterocycles. The van der Waals surface area contributed by atoms with E-state index in [9.17, 15) is 14.4 Å². The number of ether oxygens (including phenoxy) is 2. The van der Waals surface area contributed by atoms with Crippen LogP contribution in [0.25, 0.3) is 0 Å². The molecule has 9 heteroatoms. The third-order valence-corrected chi connectivity index (χ3v) is 8.01. The Bertz CT molecular complexity index is 972. The van der Waals surface area contributed by atoms with Crippen LogP contribution in [0.5, 0.6) is 5.75 Å². The number of piperazine rings is 1. The van der Waals surface area contributed by atoms with Crippen LogP contribution in [0.3, 0.4) is 0 Å². The summed E-state index contributed by atoms with van der Waals surface area (Å²) in [6, 6.07) is 5.11. The molecule has 0 spiro atoms. The van der Waals surface area contributed by atoms with Crippen molar-refractivity contribution in [2.45, 2.75) is 56.8 Å². The first-order valence-electron chi connectivity index (χ1n) is 12.9. The zero-order chi connectivity index (χ0) is 24.5. The molecule has 35 heavy (non-hydrogen) atoms. The first-order valence-corrected chi connectivity index (χ1v) is 12.9. The molecule has 1 aliphatic carbocycles. The lowest BCUT2D eigenvalue weighted by molar-refractivity contribution is -0.144. The van der Waals surface area contributed by atoms with Crippen molar-refractivity contribution >= 4 is 23.4 Å². The van der Waals surface area contributed by atoms with Gasteiger partial charge in [0.25, 0.3) is 5.91 Å². The third-order valence-electron chi connectivity index (χ3n) is 8.01. The minimum atomic E-state index is -0.297. The van der Waals surface area contributed by atoms with E-state index in [4.69, 9.17) is 9.47 Å². The van der Waals surface area contributed by atoms with Crippen molar-refractivity contribution in [1.82, 2.24) is 14.7 Å². The standard InChI is InChI=1S/C26H36N4O5/c1-28-10-12-30(13-11-28)24(31)15-19-7-8-21-23(35-19)16-34-22-9-6-18(14-20(22)26(33)29(21)2)27-25(32)17-4-3-5-17/h6,9,14,17,19,21,23H,3-5,7-8,10-13,15-16H2,1-2H3,(H,27,32)/t19-,21-,23+/m1/s1. The first-order chi connectivity index (χ1) is 16.9. The molecule has 9 nitrogen and oxygen atoms in total.